The Hall–Kier alpha value is -9.40. The molecule has 13 aromatic rings. The molecule has 3 aromatic heterocycles. The first kappa shape index (κ1) is 45.9. The molecule has 0 saturated carbocycles. The summed E-state index contributed by atoms with van der Waals surface area (Å²) in [5.41, 5.74) is 16.4. The van der Waals surface area contributed by atoms with Crippen LogP contribution in [0.15, 0.2) is 218 Å². The fraction of sp³-hybridized carbons (Fsp3) is 0.100. The Bertz CT molecular complexity index is 4600. The van der Waals surface area contributed by atoms with Crippen molar-refractivity contribution in [3.8, 4) is 78.9 Å². The molecule has 0 spiro atoms. The van der Waals surface area contributed by atoms with Gasteiger partial charge in [0.15, 0.2) is 17.5 Å². The maximum absolute atomic E-state index is 15.6. The molecular formula is C70H48F3N5. The third kappa shape index (κ3) is 6.59. The molecule has 374 valence electrons. The van der Waals surface area contributed by atoms with Gasteiger partial charge in [0.05, 0.1) is 33.3 Å². The highest BCUT2D eigenvalue weighted by Gasteiger charge is 2.40. The second-order valence-corrected chi connectivity index (χ2v) is 21.8. The second-order valence-electron chi connectivity index (χ2n) is 21.8. The summed E-state index contributed by atoms with van der Waals surface area (Å²) in [5, 5.41) is 4.33. The first-order valence-corrected chi connectivity index (χ1v) is 26.4. The molecule has 0 unspecified atom stereocenters. The zero-order valence-electron chi connectivity index (χ0n) is 43.2. The number of alkyl halides is 3. The molecule has 0 radical (unpaired) electrons. The number of hydrogen-bond acceptors (Lipinski definition) is 3. The molecule has 0 aliphatic heterocycles. The molecule has 0 atom stereocenters. The maximum Gasteiger partial charge on any atom is 0.416 e. The van der Waals surface area contributed by atoms with E-state index in [2.05, 4.69) is 152 Å². The smallest absolute Gasteiger partial charge is 0.309 e. The van der Waals surface area contributed by atoms with Gasteiger partial charge in [-0.15, -0.1) is 0 Å². The number of rotatable bonds is 6. The van der Waals surface area contributed by atoms with Crippen LogP contribution in [0.1, 0.15) is 55.5 Å². The number of aromatic nitrogens is 5. The van der Waals surface area contributed by atoms with Crippen LogP contribution < -0.4 is 0 Å². The molecule has 8 heteroatoms. The van der Waals surface area contributed by atoms with Gasteiger partial charge in [-0.25, -0.2) is 15.0 Å². The zero-order valence-corrected chi connectivity index (χ0v) is 43.2. The molecule has 5 nitrogen and oxygen atoms in total. The Morgan fingerprint density at radius 1 is 0.359 bits per heavy atom. The Morgan fingerprint density at radius 2 is 0.821 bits per heavy atom. The summed E-state index contributed by atoms with van der Waals surface area (Å²) in [6, 6.07) is 72.5. The van der Waals surface area contributed by atoms with Crippen LogP contribution in [-0.2, 0) is 17.0 Å². The number of hydrogen-bond donors (Lipinski definition) is 0. The number of para-hydroxylation sites is 2. The Balaban J connectivity index is 1.06. The quantitative estimate of drug-likeness (QED) is 0.167. The van der Waals surface area contributed by atoms with E-state index in [9.17, 15) is 0 Å². The number of fused-ring (bicyclic) bond motifs is 14. The van der Waals surface area contributed by atoms with Gasteiger partial charge in [0.25, 0.3) is 0 Å². The molecule has 0 saturated heterocycles. The highest BCUT2D eigenvalue weighted by atomic mass is 19.4. The van der Waals surface area contributed by atoms with E-state index >= 15 is 13.2 Å². The third-order valence-corrected chi connectivity index (χ3v) is 16.8. The van der Waals surface area contributed by atoms with E-state index in [1.54, 1.807) is 6.07 Å². The fourth-order valence-corrected chi connectivity index (χ4v) is 13.3. The van der Waals surface area contributed by atoms with E-state index in [1.165, 1.54) is 51.1 Å². The highest BCUT2D eigenvalue weighted by molar-refractivity contribution is 6.16. The van der Waals surface area contributed by atoms with Crippen molar-refractivity contribution in [3.05, 3.63) is 246 Å². The van der Waals surface area contributed by atoms with E-state index < -0.39 is 11.7 Å². The van der Waals surface area contributed by atoms with Crippen molar-refractivity contribution in [1.82, 2.24) is 24.1 Å². The van der Waals surface area contributed by atoms with Crippen molar-refractivity contribution in [2.45, 2.75) is 44.7 Å². The standard InChI is InChI=1S/C70H48F3N5/c1-68(2)54-27-15-11-23-45(54)47-34-37-59-61(63(47)68)50-25-13-17-29-56(50)77(59)44-32-33-49(67-75-65(41-19-7-5-8-20-41)74-66(76-67)42-21-9-6-10-22-42)52(40-44)53-39-43(70(71,72)73)31-36-58(53)78-57-30-18-14-26-51(57)62-60(78)38-35-48-46-24-12-16-28-55(46)69(3,4)64(48)62/h5-40H,1-4H3. The minimum absolute atomic E-state index is 0.311. The Kier molecular flexibility index (Phi) is 9.75. The molecular weight excluding hydrogens is 968 g/mol. The average molecular weight is 1020 g/mol. The minimum atomic E-state index is -4.67. The van der Waals surface area contributed by atoms with Crippen molar-refractivity contribution < 1.29 is 13.2 Å². The fourth-order valence-electron chi connectivity index (χ4n) is 13.3. The first-order chi connectivity index (χ1) is 37.9. The van der Waals surface area contributed by atoms with E-state index in [1.807, 2.05) is 84.9 Å². The summed E-state index contributed by atoms with van der Waals surface area (Å²) in [7, 11) is 0. The Morgan fingerprint density at radius 3 is 1.37 bits per heavy atom. The van der Waals surface area contributed by atoms with Crippen LogP contribution in [-0.4, -0.2) is 24.1 Å². The van der Waals surface area contributed by atoms with Crippen LogP contribution in [0.4, 0.5) is 13.2 Å². The summed E-state index contributed by atoms with van der Waals surface area (Å²) < 4.78 is 51.3. The lowest BCUT2D eigenvalue weighted by Crippen LogP contribution is -2.15. The molecule has 10 aromatic carbocycles. The summed E-state index contributed by atoms with van der Waals surface area (Å²) in [5.74, 6) is 1.21. The number of nitrogens with zero attached hydrogens (tertiary/aromatic N) is 5. The first-order valence-electron chi connectivity index (χ1n) is 26.4. The summed E-state index contributed by atoms with van der Waals surface area (Å²) in [6.45, 7) is 9.15. The van der Waals surface area contributed by atoms with Gasteiger partial charge in [0.1, 0.15) is 0 Å². The summed E-state index contributed by atoms with van der Waals surface area (Å²) >= 11 is 0. The second kappa shape index (κ2) is 16.6. The molecule has 0 N–H and O–H groups in total. The molecule has 15 rings (SSSR count). The van der Waals surface area contributed by atoms with Gasteiger partial charge in [0, 0.05) is 60.3 Å². The lowest BCUT2D eigenvalue weighted by atomic mass is 9.80. The average Bonchev–Trinajstić information content (AvgIpc) is 4.29. The van der Waals surface area contributed by atoms with Crippen LogP contribution in [0.25, 0.3) is 123 Å². The van der Waals surface area contributed by atoms with Crippen LogP contribution in [0, 0.1) is 0 Å². The van der Waals surface area contributed by atoms with Crippen LogP contribution in [0.3, 0.4) is 0 Å². The van der Waals surface area contributed by atoms with Crippen molar-refractivity contribution >= 4 is 43.6 Å². The van der Waals surface area contributed by atoms with Crippen molar-refractivity contribution in [3.63, 3.8) is 0 Å². The van der Waals surface area contributed by atoms with Crippen molar-refractivity contribution in [2.24, 2.45) is 0 Å². The van der Waals surface area contributed by atoms with Gasteiger partial charge in [-0.05, 0) is 111 Å². The zero-order chi connectivity index (χ0) is 52.8. The number of benzene rings is 10. The molecule has 0 amide bonds. The van der Waals surface area contributed by atoms with Crippen LogP contribution >= 0.6 is 0 Å². The molecule has 2 aliphatic carbocycles. The third-order valence-electron chi connectivity index (χ3n) is 16.8. The van der Waals surface area contributed by atoms with Gasteiger partial charge in [-0.1, -0.05) is 185 Å². The largest absolute Gasteiger partial charge is 0.416 e. The molecule has 2 aliphatic rings. The van der Waals surface area contributed by atoms with Crippen molar-refractivity contribution in [1.29, 1.82) is 0 Å². The minimum Gasteiger partial charge on any atom is -0.309 e. The lowest BCUT2D eigenvalue weighted by Gasteiger charge is -2.23. The SMILES string of the molecule is CC1(C)c2ccccc2-c2ccc3c(c21)c1ccccc1n3-c1ccc(-c2nc(-c3ccccc3)nc(-c3ccccc3)n2)c(-c2cc(C(F)(F)F)ccc2-n2c3ccccc3c3c4c(ccc32)-c2ccccc2C4(C)C)c1. The molecule has 3 heterocycles. The van der Waals surface area contributed by atoms with E-state index in [4.69, 9.17) is 15.0 Å². The predicted molar refractivity (Wildman–Crippen MR) is 310 cm³/mol. The highest BCUT2D eigenvalue weighted by Crippen LogP contribution is 2.56. The summed E-state index contributed by atoms with van der Waals surface area (Å²) in [4.78, 5) is 15.5. The van der Waals surface area contributed by atoms with Crippen LogP contribution in [0.2, 0.25) is 0 Å². The van der Waals surface area contributed by atoms with Crippen LogP contribution in [0.5, 0.6) is 0 Å². The maximum atomic E-state index is 15.6. The van der Waals surface area contributed by atoms with E-state index in [-0.39, 0.29) is 10.8 Å². The van der Waals surface area contributed by atoms with Gasteiger partial charge < -0.3 is 9.13 Å². The van der Waals surface area contributed by atoms with Gasteiger partial charge in [0.2, 0.25) is 0 Å². The molecule has 78 heavy (non-hydrogen) atoms. The van der Waals surface area contributed by atoms with Crippen molar-refractivity contribution in [2.75, 3.05) is 0 Å². The normalized spacial score (nSPS) is 14.0. The monoisotopic (exact) mass is 1020 g/mol. The lowest BCUT2D eigenvalue weighted by molar-refractivity contribution is -0.137. The van der Waals surface area contributed by atoms with Gasteiger partial charge in [-0.2, -0.15) is 13.2 Å². The topological polar surface area (TPSA) is 48.5 Å². The van der Waals surface area contributed by atoms with Gasteiger partial charge >= 0.3 is 6.18 Å². The number of halogens is 3. The Labute approximate surface area is 448 Å². The predicted octanol–water partition coefficient (Wildman–Crippen LogP) is 18.4. The molecule has 0 bridgehead atoms. The summed E-state index contributed by atoms with van der Waals surface area (Å²) in [6.07, 6.45) is -4.67. The van der Waals surface area contributed by atoms with E-state index in [0.29, 0.717) is 39.9 Å². The van der Waals surface area contributed by atoms with Gasteiger partial charge in [-0.3, -0.25) is 0 Å². The molecule has 0 fully saturated rings. The van der Waals surface area contributed by atoms with E-state index in [0.717, 1.165) is 66.0 Å².